The third-order valence-corrected chi connectivity index (χ3v) is 5.73. The second-order valence-corrected chi connectivity index (χ2v) is 9.13. The van der Waals surface area contributed by atoms with Gasteiger partial charge in [0.25, 0.3) is 10.0 Å². The van der Waals surface area contributed by atoms with Crippen molar-refractivity contribution in [3.8, 4) is 0 Å². The second-order valence-electron chi connectivity index (χ2n) is 7.56. The molecule has 0 unspecified atom stereocenters. The van der Waals surface area contributed by atoms with Gasteiger partial charge in [0.2, 0.25) is 5.91 Å². The van der Waals surface area contributed by atoms with E-state index < -0.39 is 15.4 Å². The Labute approximate surface area is 163 Å². The van der Waals surface area contributed by atoms with Gasteiger partial charge in [-0.25, -0.2) is 4.39 Å². The first kappa shape index (κ1) is 20.0. The number of fused-ring (bicyclic) bond motifs is 1. The molecule has 3 rings (SSSR count). The average molecular weight is 403 g/mol. The summed E-state index contributed by atoms with van der Waals surface area (Å²) in [6.07, 6.45) is 0.487. The van der Waals surface area contributed by atoms with E-state index in [-0.39, 0.29) is 23.0 Å². The van der Waals surface area contributed by atoms with E-state index in [9.17, 15) is 17.6 Å². The number of hydrogen-bond acceptors (Lipinski definition) is 4. The summed E-state index contributed by atoms with van der Waals surface area (Å²) < 4.78 is 41.5. The lowest BCUT2D eigenvalue weighted by Crippen LogP contribution is -2.32. The highest BCUT2D eigenvalue weighted by Crippen LogP contribution is 2.31. The Morgan fingerprint density at radius 1 is 1.14 bits per heavy atom. The van der Waals surface area contributed by atoms with E-state index in [4.69, 9.17) is 0 Å². The second kappa shape index (κ2) is 7.71. The number of amidine groups is 1. The summed E-state index contributed by atoms with van der Waals surface area (Å²) in [5.74, 6) is -0.183. The van der Waals surface area contributed by atoms with Crippen molar-refractivity contribution in [2.45, 2.75) is 38.1 Å². The molecule has 0 spiro atoms. The van der Waals surface area contributed by atoms with Gasteiger partial charge in [-0.05, 0) is 35.2 Å². The molecule has 8 heteroatoms. The first-order valence-corrected chi connectivity index (χ1v) is 10.3. The monoisotopic (exact) mass is 403 g/mol. The molecule has 0 radical (unpaired) electrons. The fraction of sp³-hybridized carbons (Fsp3) is 0.300. The summed E-state index contributed by atoms with van der Waals surface area (Å²) in [4.78, 5) is 12.4. The SMILES string of the molecule is CC(C)(CC(=O)NCc1ccc(F)cc1)CC1=NS(=O)(=O)c2ccccc2N1. The molecule has 0 saturated carbocycles. The van der Waals surface area contributed by atoms with E-state index in [0.717, 1.165) is 5.56 Å². The van der Waals surface area contributed by atoms with Crippen molar-refractivity contribution in [1.82, 2.24) is 5.32 Å². The van der Waals surface area contributed by atoms with Crippen LogP contribution in [-0.4, -0.2) is 20.2 Å². The van der Waals surface area contributed by atoms with Crippen molar-refractivity contribution >= 4 is 27.5 Å². The fourth-order valence-corrected chi connectivity index (χ4v) is 4.21. The van der Waals surface area contributed by atoms with Crippen LogP contribution in [0.2, 0.25) is 0 Å². The van der Waals surface area contributed by atoms with Crippen molar-refractivity contribution in [1.29, 1.82) is 0 Å². The summed E-state index contributed by atoms with van der Waals surface area (Å²) in [7, 11) is -3.75. The molecule has 1 aliphatic heterocycles. The molecule has 148 valence electrons. The predicted octanol–water partition coefficient (Wildman–Crippen LogP) is 3.46. The van der Waals surface area contributed by atoms with Gasteiger partial charge in [0, 0.05) is 19.4 Å². The van der Waals surface area contributed by atoms with Gasteiger partial charge in [0.15, 0.2) is 0 Å². The number of nitrogens with one attached hydrogen (secondary N) is 2. The Morgan fingerprint density at radius 2 is 1.82 bits per heavy atom. The number of hydrogen-bond donors (Lipinski definition) is 2. The number of amides is 1. The standard InChI is InChI=1S/C20H22FN3O3S/c1-20(2,12-19(25)22-13-14-7-9-15(21)10-8-14)11-18-23-16-5-3-4-6-17(16)28(26,27)24-18/h3-10H,11-13H2,1-2H3,(H,22,25)(H,23,24). The highest BCUT2D eigenvalue weighted by Gasteiger charge is 2.29. The van der Waals surface area contributed by atoms with E-state index in [1.54, 1.807) is 30.3 Å². The van der Waals surface area contributed by atoms with Crippen LogP contribution < -0.4 is 10.6 Å². The van der Waals surface area contributed by atoms with E-state index in [2.05, 4.69) is 15.0 Å². The quantitative estimate of drug-likeness (QED) is 0.773. The van der Waals surface area contributed by atoms with Crippen LogP contribution in [0.25, 0.3) is 0 Å². The van der Waals surface area contributed by atoms with Gasteiger partial charge in [-0.2, -0.15) is 8.42 Å². The van der Waals surface area contributed by atoms with Gasteiger partial charge in [-0.15, -0.1) is 4.40 Å². The molecule has 2 aromatic carbocycles. The Hall–Kier alpha value is -2.74. The average Bonchev–Trinajstić information content (AvgIpc) is 2.60. The normalized spacial score (nSPS) is 15.2. The van der Waals surface area contributed by atoms with E-state index in [1.165, 1.54) is 18.2 Å². The lowest BCUT2D eigenvalue weighted by atomic mass is 9.84. The number of benzene rings is 2. The maximum absolute atomic E-state index is 12.9. The zero-order valence-electron chi connectivity index (χ0n) is 15.7. The molecule has 1 amide bonds. The van der Waals surface area contributed by atoms with Crippen molar-refractivity contribution in [2.24, 2.45) is 9.81 Å². The molecule has 6 nitrogen and oxygen atoms in total. The number of halogens is 1. The van der Waals surface area contributed by atoms with Crippen molar-refractivity contribution in [2.75, 3.05) is 5.32 Å². The van der Waals surface area contributed by atoms with Gasteiger partial charge in [0.05, 0.1) is 5.69 Å². The lowest BCUT2D eigenvalue weighted by Gasteiger charge is -2.27. The van der Waals surface area contributed by atoms with Gasteiger partial charge in [-0.3, -0.25) is 4.79 Å². The number of carbonyl (C=O) groups excluding carboxylic acids is 1. The highest BCUT2D eigenvalue weighted by atomic mass is 32.2. The number of para-hydroxylation sites is 1. The zero-order chi connectivity index (χ0) is 20.4. The topological polar surface area (TPSA) is 87.6 Å². The smallest absolute Gasteiger partial charge is 0.286 e. The number of anilines is 1. The summed E-state index contributed by atoms with van der Waals surface area (Å²) >= 11 is 0. The molecule has 0 bridgehead atoms. The van der Waals surface area contributed by atoms with Crippen LogP contribution in [0.4, 0.5) is 10.1 Å². The molecular weight excluding hydrogens is 381 g/mol. The Bertz CT molecular complexity index is 1020. The number of nitrogens with zero attached hydrogens (tertiary/aromatic N) is 1. The fourth-order valence-electron chi connectivity index (χ4n) is 3.06. The van der Waals surface area contributed by atoms with Crippen LogP contribution in [-0.2, 0) is 21.4 Å². The van der Waals surface area contributed by atoms with Gasteiger partial charge >= 0.3 is 0 Å². The number of carbonyl (C=O) groups is 1. The first-order chi connectivity index (χ1) is 13.1. The lowest BCUT2D eigenvalue weighted by molar-refractivity contribution is -0.123. The Morgan fingerprint density at radius 3 is 2.54 bits per heavy atom. The maximum Gasteiger partial charge on any atom is 0.286 e. The molecule has 0 aromatic heterocycles. The van der Waals surface area contributed by atoms with Gasteiger partial charge in [-0.1, -0.05) is 38.1 Å². The third-order valence-electron chi connectivity index (χ3n) is 4.36. The van der Waals surface area contributed by atoms with Crippen LogP contribution in [0.3, 0.4) is 0 Å². The Balaban J connectivity index is 1.61. The van der Waals surface area contributed by atoms with Crippen molar-refractivity contribution in [3.05, 3.63) is 59.9 Å². The first-order valence-electron chi connectivity index (χ1n) is 8.86. The zero-order valence-corrected chi connectivity index (χ0v) is 16.5. The molecule has 2 N–H and O–H groups in total. The number of rotatable bonds is 6. The third kappa shape index (κ3) is 4.95. The summed E-state index contributed by atoms with van der Waals surface area (Å²) in [6, 6.07) is 12.5. The van der Waals surface area contributed by atoms with Crippen LogP contribution in [0.5, 0.6) is 0 Å². The Kier molecular flexibility index (Phi) is 5.51. The maximum atomic E-state index is 12.9. The van der Waals surface area contributed by atoms with Crippen LogP contribution >= 0.6 is 0 Å². The molecule has 0 saturated heterocycles. The minimum Gasteiger partial charge on any atom is -0.352 e. The predicted molar refractivity (Wildman–Crippen MR) is 106 cm³/mol. The van der Waals surface area contributed by atoms with Gasteiger partial charge < -0.3 is 10.6 Å². The molecular formula is C20H22FN3O3S. The summed E-state index contributed by atoms with van der Waals surface area (Å²) in [6.45, 7) is 4.06. The van der Waals surface area contributed by atoms with Crippen molar-refractivity contribution < 1.29 is 17.6 Å². The molecule has 0 atom stereocenters. The number of sulfonamides is 1. The highest BCUT2D eigenvalue weighted by molar-refractivity contribution is 7.90. The summed E-state index contributed by atoms with van der Waals surface area (Å²) in [5.41, 5.74) is 0.776. The van der Waals surface area contributed by atoms with E-state index >= 15 is 0 Å². The molecule has 0 aliphatic carbocycles. The van der Waals surface area contributed by atoms with Crippen LogP contribution in [0, 0.1) is 11.2 Å². The van der Waals surface area contributed by atoms with Gasteiger partial charge in [0.1, 0.15) is 16.5 Å². The minimum atomic E-state index is -3.75. The largest absolute Gasteiger partial charge is 0.352 e. The van der Waals surface area contributed by atoms with E-state index in [0.29, 0.717) is 24.5 Å². The molecule has 1 aliphatic rings. The molecule has 1 heterocycles. The van der Waals surface area contributed by atoms with Crippen molar-refractivity contribution in [3.63, 3.8) is 0 Å². The van der Waals surface area contributed by atoms with E-state index in [1.807, 2.05) is 13.8 Å². The molecule has 0 fully saturated rings. The van der Waals surface area contributed by atoms with Crippen LogP contribution in [0.1, 0.15) is 32.3 Å². The molecule has 2 aromatic rings. The minimum absolute atomic E-state index is 0.147. The van der Waals surface area contributed by atoms with Crippen LogP contribution in [0.15, 0.2) is 57.8 Å². The molecule has 28 heavy (non-hydrogen) atoms. The summed E-state index contributed by atoms with van der Waals surface area (Å²) in [5, 5.41) is 5.85.